The number of fused-ring (bicyclic) bond motifs is 10. The first kappa shape index (κ1) is 26.9. The van der Waals surface area contributed by atoms with Crippen LogP contribution in [0.15, 0.2) is 167 Å². The molecule has 0 saturated carbocycles. The SMILES string of the molecule is c1ccc(-c2coc3ccc4oc5cc(-c6c7ccccc7c(-c7cccc8sc9ccccc9c78)c7ccccc67)ccc5c4c23)cc1. The van der Waals surface area contributed by atoms with Crippen molar-refractivity contribution in [2.24, 2.45) is 0 Å². The third-order valence-corrected chi connectivity index (χ3v) is 11.3. The molecule has 0 radical (unpaired) electrons. The van der Waals surface area contributed by atoms with Crippen molar-refractivity contribution in [1.29, 1.82) is 0 Å². The summed E-state index contributed by atoms with van der Waals surface area (Å²) in [6, 6.07) is 54.5. The van der Waals surface area contributed by atoms with E-state index in [2.05, 4.69) is 133 Å². The third kappa shape index (κ3) is 3.82. The minimum absolute atomic E-state index is 0.860. The van der Waals surface area contributed by atoms with Crippen LogP contribution in [0.25, 0.3) is 108 Å². The Labute approximate surface area is 285 Å². The standard InChI is InChI=1S/C46H26O2S/c1-2-11-27(12-3-1)36-26-47-37-23-24-38-45(46(36)37)33-22-21-28(25-39(33)48-38)42-29-13-4-6-15-31(29)43(32-16-7-5-14-30(32)42)35-18-10-20-41-44(35)34-17-8-9-19-40(34)49-41/h1-26H. The highest BCUT2D eigenvalue weighted by Gasteiger charge is 2.21. The Morgan fingerprint density at radius 1 is 0.367 bits per heavy atom. The molecule has 0 bridgehead atoms. The van der Waals surface area contributed by atoms with Crippen LogP contribution in [-0.2, 0) is 0 Å². The van der Waals surface area contributed by atoms with Gasteiger partial charge in [0.25, 0.3) is 0 Å². The molecule has 2 nitrogen and oxygen atoms in total. The van der Waals surface area contributed by atoms with Crippen molar-refractivity contribution in [2.45, 2.75) is 0 Å². The van der Waals surface area contributed by atoms with Crippen LogP contribution in [0, 0.1) is 0 Å². The van der Waals surface area contributed by atoms with E-state index in [1.807, 2.05) is 35.8 Å². The number of thiophene rings is 1. The first-order chi connectivity index (χ1) is 24.3. The second kappa shape index (κ2) is 10.2. The lowest BCUT2D eigenvalue weighted by Gasteiger charge is -2.18. The molecule has 0 unspecified atom stereocenters. The first-order valence-electron chi connectivity index (χ1n) is 16.6. The second-order valence-electron chi connectivity index (χ2n) is 12.8. The van der Waals surface area contributed by atoms with Gasteiger partial charge < -0.3 is 8.83 Å². The predicted molar refractivity (Wildman–Crippen MR) is 208 cm³/mol. The van der Waals surface area contributed by atoms with E-state index < -0.39 is 0 Å². The Morgan fingerprint density at radius 3 is 1.80 bits per heavy atom. The van der Waals surface area contributed by atoms with Gasteiger partial charge in [-0.2, -0.15) is 0 Å². The van der Waals surface area contributed by atoms with Gasteiger partial charge in [-0.1, -0.05) is 115 Å². The minimum Gasteiger partial charge on any atom is -0.464 e. The van der Waals surface area contributed by atoms with Gasteiger partial charge >= 0.3 is 0 Å². The summed E-state index contributed by atoms with van der Waals surface area (Å²) in [7, 11) is 0. The lowest BCUT2D eigenvalue weighted by molar-refractivity contribution is 0.616. The van der Waals surface area contributed by atoms with Crippen molar-refractivity contribution in [2.75, 3.05) is 0 Å². The third-order valence-electron chi connectivity index (χ3n) is 10.1. The fraction of sp³-hybridized carbons (Fsp3) is 0. The first-order valence-corrected chi connectivity index (χ1v) is 17.4. The highest BCUT2D eigenvalue weighted by molar-refractivity contribution is 7.25. The average molecular weight is 643 g/mol. The van der Waals surface area contributed by atoms with Crippen LogP contribution in [0.3, 0.4) is 0 Å². The van der Waals surface area contributed by atoms with E-state index in [-0.39, 0.29) is 0 Å². The zero-order valence-corrected chi connectivity index (χ0v) is 27.1. The minimum atomic E-state index is 0.860. The average Bonchev–Trinajstić information content (AvgIpc) is 3.87. The van der Waals surface area contributed by atoms with Gasteiger partial charge in [0.15, 0.2) is 0 Å². The van der Waals surface area contributed by atoms with Gasteiger partial charge in [-0.25, -0.2) is 0 Å². The molecule has 0 aliphatic carbocycles. The van der Waals surface area contributed by atoms with Crippen molar-refractivity contribution >= 4 is 86.0 Å². The van der Waals surface area contributed by atoms with Gasteiger partial charge in [0.1, 0.15) is 16.7 Å². The zero-order valence-electron chi connectivity index (χ0n) is 26.2. The fourth-order valence-electron chi connectivity index (χ4n) is 8.09. The van der Waals surface area contributed by atoms with Crippen LogP contribution in [0.1, 0.15) is 0 Å². The van der Waals surface area contributed by atoms with E-state index in [0.717, 1.165) is 49.6 Å². The highest BCUT2D eigenvalue weighted by Crippen LogP contribution is 2.49. The molecule has 11 rings (SSSR count). The summed E-state index contributed by atoms with van der Waals surface area (Å²) < 4.78 is 15.3. The van der Waals surface area contributed by atoms with Gasteiger partial charge in [0.05, 0.1) is 6.26 Å². The van der Waals surface area contributed by atoms with Crippen LogP contribution in [0.5, 0.6) is 0 Å². The number of benzene rings is 8. The summed E-state index contributed by atoms with van der Waals surface area (Å²) in [6.07, 6.45) is 1.87. The van der Waals surface area contributed by atoms with Gasteiger partial charge in [0, 0.05) is 41.9 Å². The van der Waals surface area contributed by atoms with Gasteiger partial charge in [-0.15, -0.1) is 11.3 Å². The quantitative estimate of drug-likeness (QED) is 0.179. The Kier molecular flexibility index (Phi) is 5.57. The molecule has 49 heavy (non-hydrogen) atoms. The topological polar surface area (TPSA) is 26.3 Å². The molecule has 0 saturated heterocycles. The zero-order chi connectivity index (χ0) is 32.1. The van der Waals surface area contributed by atoms with Crippen LogP contribution in [-0.4, -0.2) is 0 Å². The predicted octanol–water partition coefficient (Wildman–Crippen LogP) is 14.0. The van der Waals surface area contributed by atoms with Crippen molar-refractivity contribution in [1.82, 2.24) is 0 Å². The number of hydrogen-bond donors (Lipinski definition) is 0. The summed E-state index contributed by atoms with van der Waals surface area (Å²) >= 11 is 1.87. The maximum absolute atomic E-state index is 6.64. The Morgan fingerprint density at radius 2 is 1.02 bits per heavy atom. The summed E-state index contributed by atoms with van der Waals surface area (Å²) in [5.74, 6) is 0. The molecule has 228 valence electrons. The molecule has 3 heterocycles. The van der Waals surface area contributed by atoms with E-state index in [0.29, 0.717) is 0 Å². The summed E-state index contributed by atoms with van der Waals surface area (Å²) in [6.45, 7) is 0. The second-order valence-corrected chi connectivity index (χ2v) is 13.8. The van der Waals surface area contributed by atoms with E-state index in [9.17, 15) is 0 Å². The van der Waals surface area contributed by atoms with Crippen molar-refractivity contribution in [3.63, 3.8) is 0 Å². The van der Waals surface area contributed by atoms with Gasteiger partial charge in [-0.05, 0) is 85.8 Å². The molecule has 0 spiro atoms. The monoisotopic (exact) mass is 642 g/mol. The van der Waals surface area contributed by atoms with E-state index >= 15 is 0 Å². The largest absolute Gasteiger partial charge is 0.464 e. The highest BCUT2D eigenvalue weighted by atomic mass is 32.1. The van der Waals surface area contributed by atoms with Gasteiger partial charge in [-0.3, -0.25) is 0 Å². The fourth-order valence-corrected chi connectivity index (χ4v) is 9.23. The molecule has 3 aromatic heterocycles. The van der Waals surface area contributed by atoms with Crippen LogP contribution in [0.4, 0.5) is 0 Å². The van der Waals surface area contributed by atoms with Crippen molar-refractivity contribution < 1.29 is 8.83 Å². The molecule has 0 aliphatic rings. The molecule has 0 N–H and O–H groups in total. The Bertz CT molecular complexity index is 3050. The molecule has 0 amide bonds. The lowest BCUT2D eigenvalue weighted by Crippen LogP contribution is -1.91. The maximum Gasteiger partial charge on any atom is 0.136 e. The van der Waals surface area contributed by atoms with Crippen molar-refractivity contribution in [3.8, 4) is 33.4 Å². The summed E-state index contributed by atoms with van der Waals surface area (Å²) in [5.41, 5.74) is 9.71. The number of rotatable bonds is 3. The number of furan rings is 2. The lowest BCUT2D eigenvalue weighted by atomic mass is 9.85. The molecule has 3 heteroatoms. The van der Waals surface area contributed by atoms with E-state index in [1.165, 1.54) is 58.4 Å². The van der Waals surface area contributed by atoms with Crippen LogP contribution in [0.2, 0.25) is 0 Å². The van der Waals surface area contributed by atoms with Crippen molar-refractivity contribution in [3.05, 3.63) is 158 Å². The molecular weight excluding hydrogens is 617 g/mol. The molecule has 0 atom stereocenters. The molecule has 0 fully saturated rings. The Balaban J connectivity index is 1.20. The number of hydrogen-bond acceptors (Lipinski definition) is 3. The van der Waals surface area contributed by atoms with E-state index in [4.69, 9.17) is 8.83 Å². The smallest absolute Gasteiger partial charge is 0.136 e. The molecule has 0 aliphatic heterocycles. The summed E-state index contributed by atoms with van der Waals surface area (Å²) in [5, 5.41) is 10.9. The molecular formula is C46H26O2S. The van der Waals surface area contributed by atoms with Crippen LogP contribution >= 0.6 is 11.3 Å². The van der Waals surface area contributed by atoms with Crippen LogP contribution < -0.4 is 0 Å². The maximum atomic E-state index is 6.64. The van der Waals surface area contributed by atoms with Gasteiger partial charge in [0.2, 0.25) is 0 Å². The molecule has 8 aromatic carbocycles. The van der Waals surface area contributed by atoms with E-state index in [1.54, 1.807) is 0 Å². The normalized spacial score (nSPS) is 12.1. The summed E-state index contributed by atoms with van der Waals surface area (Å²) in [4.78, 5) is 0. The molecule has 11 aromatic rings. The Hall–Kier alpha value is -6.16.